The zero-order valence-electron chi connectivity index (χ0n) is 10.8. The summed E-state index contributed by atoms with van der Waals surface area (Å²) in [7, 11) is 0. The van der Waals surface area contributed by atoms with E-state index >= 15 is 0 Å². The van der Waals surface area contributed by atoms with Gasteiger partial charge in [-0.15, -0.1) is 0 Å². The monoisotopic (exact) mass is 294 g/mol. The van der Waals surface area contributed by atoms with Gasteiger partial charge in [-0.2, -0.15) is 14.0 Å². The number of hydrogen-bond donors (Lipinski definition) is 1. The summed E-state index contributed by atoms with van der Waals surface area (Å²) in [4.78, 5) is 14.1. The molecule has 0 atom stereocenters. The lowest BCUT2D eigenvalue weighted by molar-refractivity contribution is -0.0521. The van der Waals surface area contributed by atoms with Crippen LogP contribution in [0.2, 0.25) is 0 Å². The number of aryl methyl sites for hydroxylation is 1. The molecule has 0 saturated heterocycles. The van der Waals surface area contributed by atoms with Crippen molar-refractivity contribution in [2.24, 2.45) is 0 Å². The summed E-state index contributed by atoms with van der Waals surface area (Å²) in [5.74, 6) is -1.70. The molecule has 21 heavy (non-hydrogen) atoms. The van der Waals surface area contributed by atoms with Gasteiger partial charge in [0.05, 0.1) is 0 Å². The molecule has 0 fully saturated rings. The molecule has 4 nitrogen and oxygen atoms in total. The van der Waals surface area contributed by atoms with E-state index in [1.165, 1.54) is 18.2 Å². The first-order chi connectivity index (χ1) is 9.93. The van der Waals surface area contributed by atoms with Crippen molar-refractivity contribution in [3.05, 3.63) is 51.7 Å². The van der Waals surface area contributed by atoms with Gasteiger partial charge in [0.25, 0.3) is 5.56 Å². The van der Waals surface area contributed by atoms with Crippen molar-refractivity contribution in [2.45, 2.75) is 13.5 Å². The highest BCUT2D eigenvalue weighted by molar-refractivity contribution is 5.72. The largest absolute Gasteiger partial charge is 0.432 e. The Kier molecular flexibility index (Phi) is 3.98. The standard InChI is InChI=1S/C14H9F3N2O2/c1-7-5-9(10(6-18)13(20)19-7)8-3-2-4-11(12(8)15)21-14(16)17/h2-5,14H,1H3,(H,19,20). The number of nitrogens with zero attached hydrogens (tertiary/aromatic N) is 1. The van der Waals surface area contributed by atoms with Crippen LogP contribution < -0.4 is 10.3 Å². The Morgan fingerprint density at radius 3 is 2.67 bits per heavy atom. The number of hydrogen-bond acceptors (Lipinski definition) is 3. The van der Waals surface area contributed by atoms with Crippen LogP contribution in [0, 0.1) is 24.1 Å². The topological polar surface area (TPSA) is 65.9 Å². The molecule has 108 valence electrons. The minimum absolute atomic E-state index is 0.0240. The Labute approximate surface area is 117 Å². The molecular formula is C14H9F3N2O2. The molecule has 0 spiro atoms. The van der Waals surface area contributed by atoms with E-state index in [1.54, 1.807) is 13.0 Å². The fourth-order valence-corrected chi connectivity index (χ4v) is 1.92. The van der Waals surface area contributed by atoms with E-state index in [0.717, 1.165) is 6.07 Å². The molecule has 0 unspecified atom stereocenters. The quantitative estimate of drug-likeness (QED) is 0.946. The zero-order valence-corrected chi connectivity index (χ0v) is 10.8. The first-order valence-corrected chi connectivity index (χ1v) is 5.81. The molecule has 0 bridgehead atoms. The van der Waals surface area contributed by atoms with Crippen molar-refractivity contribution in [1.29, 1.82) is 5.26 Å². The highest BCUT2D eigenvalue weighted by Crippen LogP contribution is 2.31. The van der Waals surface area contributed by atoms with E-state index in [1.807, 2.05) is 0 Å². The number of nitriles is 1. The Morgan fingerprint density at radius 2 is 2.05 bits per heavy atom. The van der Waals surface area contributed by atoms with E-state index in [0.29, 0.717) is 5.69 Å². The van der Waals surface area contributed by atoms with Crippen molar-refractivity contribution in [3.8, 4) is 22.9 Å². The van der Waals surface area contributed by atoms with Crippen LogP contribution in [-0.4, -0.2) is 11.6 Å². The second kappa shape index (κ2) is 5.71. The van der Waals surface area contributed by atoms with E-state index in [-0.39, 0.29) is 16.7 Å². The number of pyridine rings is 1. The summed E-state index contributed by atoms with van der Waals surface area (Å²) in [5, 5.41) is 9.01. The van der Waals surface area contributed by atoms with Crippen LogP contribution >= 0.6 is 0 Å². The maximum Gasteiger partial charge on any atom is 0.387 e. The second-order valence-corrected chi connectivity index (χ2v) is 4.18. The Balaban J connectivity index is 2.69. The van der Waals surface area contributed by atoms with E-state index in [2.05, 4.69) is 9.72 Å². The Morgan fingerprint density at radius 1 is 1.33 bits per heavy atom. The van der Waals surface area contributed by atoms with Gasteiger partial charge in [0.1, 0.15) is 11.6 Å². The zero-order chi connectivity index (χ0) is 15.6. The van der Waals surface area contributed by atoms with E-state index in [4.69, 9.17) is 5.26 Å². The summed E-state index contributed by atoms with van der Waals surface area (Å²) >= 11 is 0. The lowest BCUT2D eigenvalue weighted by Gasteiger charge is -2.10. The van der Waals surface area contributed by atoms with E-state index in [9.17, 15) is 18.0 Å². The van der Waals surface area contributed by atoms with Crippen LogP contribution in [0.15, 0.2) is 29.1 Å². The van der Waals surface area contributed by atoms with Gasteiger partial charge in [-0.1, -0.05) is 12.1 Å². The molecule has 1 heterocycles. The molecule has 0 radical (unpaired) electrons. The molecule has 2 aromatic rings. The molecule has 0 aliphatic heterocycles. The molecule has 1 aromatic carbocycles. The fraction of sp³-hybridized carbons (Fsp3) is 0.143. The Bertz CT molecular complexity index is 779. The van der Waals surface area contributed by atoms with Crippen LogP contribution in [0.5, 0.6) is 5.75 Å². The predicted octanol–water partition coefficient (Wildman–Crippen LogP) is 2.96. The molecular weight excluding hydrogens is 285 g/mol. The minimum Gasteiger partial charge on any atom is -0.432 e. The molecule has 0 amide bonds. The van der Waals surface area contributed by atoms with Gasteiger partial charge < -0.3 is 9.72 Å². The summed E-state index contributed by atoms with van der Waals surface area (Å²) < 4.78 is 42.7. The smallest absolute Gasteiger partial charge is 0.387 e. The summed E-state index contributed by atoms with van der Waals surface area (Å²) in [6.07, 6.45) is 0. The fourth-order valence-electron chi connectivity index (χ4n) is 1.92. The highest BCUT2D eigenvalue weighted by Gasteiger charge is 2.18. The number of nitrogens with one attached hydrogen (secondary N) is 1. The molecule has 0 aliphatic carbocycles. The number of aromatic nitrogens is 1. The number of benzene rings is 1. The first kappa shape index (κ1) is 14.7. The third-order valence-corrected chi connectivity index (χ3v) is 2.75. The number of rotatable bonds is 3. The van der Waals surface area contributed by atoms with Crippen LogP contribution in [0.1, 0.15) is 11.3 Å². The van der Waals surface area contributed by atoms with Gasteiger partial charge in [0.15, 0.2) is 11.6 Å². The van der Waals surface area contributed by atoms with Gasteiger partial charge in [0, 0.05) is 16.8 Å². The molecule has 1 aromatic heterocycles. The van der Waals surface area contributed by atoms with Crippen molar-refractivity contribution in [1.82, 2.24) is 4.98 Å². The first-order valence-electron chi connectivity index (χ1n) is 5.81. The molecule has 0 aliphatic rings. The predicted molar refractivity (Wildman–Crippen MR) is 68.5 cm³/mol. The van der Waals surface area contributed by atoms with Gasteiger partial charge in [0.2, 0.25) is 0 Å². The third kappa shape index (κ3) is 2.89. The van der Waals surface area contributed by atoms with Crippen molar-refractivity contribution in [3.63, 3.8) is 0 Å². The SMILES string of the molecule is Cc1cc(-c2cccc(OC(F)F)c2F)c(C#N)c(=O)[nH]1. The third-order valence-electron chi connectivity index (χ3n) is 2.75. The van der Waals surface area contributed by atoms with Crippen molar-refractivity contribution < 1.29 is 17.9 Å². The van der Waals surface area contributed by atoms with Crippen LogP contribution in [-0.2, 0) is 0 Å². The molecule has 7 heteroatoms. The van der Waals surface area contributed by atoms with Crippen molar-refractivity contribution in [2.75, 3.05) is 0 Å². The van der Waals surface area contributed by atoms with Crippen LogP contribution in [0.4, 0.5) is 13.2 Å². The van der Waals surface area contributed by atoms with Crippen molar-refractivity contribution >= 4 is 0 Å². The number of H-pyrrole nitrogens is 1. The average Bonchev–Trinajstić information content (AvgIpc) is 2.40. The maximum atomic E-state index is 14.2. The number of halogens is 3. The lowest BCUT2D eigenvalue weighted by atomic mass is 10.0. The lowest BCUT2D eigenvalue weighted by Crippen LogP contribution is -2.13. The highest BCUT2D eigenvalue weighted by atomic mass is 19.3. The maximum absolute atomic E-state index is 14.2. The van der Waals surface area contributed by atoms with Gasteiger partial charge in [-0.05, 0) is 19.1 Å². The summed E-state index contributed by atoms with van der Waals surface area (Å²) in [6.45, 7) is -1.62. The van der Waals surface area contributed by atoms with Gasteiger partial charge in [-0.25, -0.2) is 4.39 Å². The molecule has 0 saturated carbocycles. The molecule has 2 rings (SSSR count). The minimum atomic E-state index is -3.17. The number of ether oxygens (including phenoxy) is 1. The molecule has 1 N–H and O–H groups in total. The number of aromatic amines is 1. The average molecular weight is 294 g/mol. The van der Waals surface area contributed by atoms with Crippen LogP contribution in [0.3, 0.4) is 0 Å². The van der Waals surface area contributed by atoms with Gasteiger partial charge in [-0.3, -0.25) is 4.79 Å². The second-order valence-electron chi connectivity index (χ2n) is 4.18. The Hall–Kier alpha value is -2.75. The van der Waals surface area contributed by atoms with Gasteiger partial charge >= 0.3 is 6.61 Å². The van der Waals surface area contributed by atoms with Crippen LogP contribution in [0.25, 0.3) is 11.1 Å². The summed E-state index contributed by atoms with van der Waals surface area (Å²) in [5.41, 5.74) is -0.691. The normalized spacial score (nSPS) is 10.5. The summed E-state index contributed by atoms with van der Waals surface area (Å²) in [6, 6.07) is 6.69. The van der Waals surface area contributed by atoms with E-state index < -0.39 is 23.7 Å². The number of alkyl halides is 2.